The third-order valence-electron chi connectivity index (χ3n) is 3.20. The summed E-state index contributed by atoms with van der Waals surface area (Å²) in [6.45, 7) is 6.77. The number of benzene rings is 1. The van der Waals surface area contributed by atoms with Crippen LogP contribution in [0.1, 0.15) is 37.3 Å². The normalized spacial score (nSPS) is 12.7. The van der Waals surface area contributed by atoms with Crippen LogP contribution in [-0.2, 0) is 11.3 Å². The topological polar surface area (TPSA) is 50.4 Å². The van der Waals surface area contributed by atoms with Crippen LogP contribution in [0.5, 0.6) is 0 Å². The van der Waals surface area contributed by atoms with Crippen LogP contribution in [0.15, 0.2) is 46.3 Å². The van der Waals surface area contributed by atoms with Crippen LogP contribution in [0.2, 0.25) is 0 Å². The molecule has 0 spiro atoms. The van der Waals surface area contributed by atoms with E-state index in [2.05, 4.69) is 44.8 Å². The first kappa shape index (κ1) is 19.0. The largest absolute Gasteiger partial charge is 0.444 e. The number of thiophene rings is 1. The van der Waals surface area contributed by atoms with Crippen LogP contribution in [0.3, 0.4) is 0 Å². The van der Waals surface area contributed by atoms with E-state index >= 15 is 0 Å². The van der Waals surface area contributed by atoms with Gasteiger partial charge in [0, 0.05) is 18.0 Å². The second-order valence-corrected chi connectivity index (χ2v) is 8.98. The van der Waals surface area contributed by atoms with Crippen molar-refractivity contribution < 1.29 is 9.53 Å². The molecule has 2 N–H and O–H groups in total. The molecule has 0 radical (unpaired) electrons. The van der Waals surface area contributed by atoms with Crippen molar-refractivity contribution >= 4 is 33.4 Å². The van der Waals surface area contributed by atoms with Crippen LogP contribution in [0.25, 0.3) is 0 Å². The summed E-state index contributed by atoms with van der Waals surface area (Å²) in [6.07, 6.45) is -0.399. The van der Waals surface area contributed by atoms with Gasteiger partial charge in [0.2, 0.25) is 0 Å². The fourth-order valence-electron chi connectivity index (χ4n) is 2.16. The van der Waals surface area contributed by atoms with Gasteiger partial charge in [-0.15, -0.1) is 11.3 Å². The zero-order valence-corrected chi connectivity index (χ0v) is 16.5. The highest BCUT2D eigenvalue weighted by molar-refractivity contribution is 9.11. The predicted octanol–water partition coefficient (Wildman–Crippen LogP) is 4.87. The third-order valence-corrected chi connectivity index (χ3v) is 4.83. The Hall–Kier alpha value is -1.37. The number of nitrogens with one attached hydrogen (secondary N) is 2. The Morgan fingerprint density at radius 3 is 2.50 bits per heavy atom. The standard InChI is InChI=1S/C18H23BrN2O2S/c1-18(2,3)23-17(22)21-12-15(13-7-5-4-6-8-13)20-11-14-9-10-16(19)24-14/h4-10,15,20H,11-12H2,1-3H3,(H,21,22). The highest BCUT2D eigenvalue weighted by Gasteiger charge is 2.18. The minimum atomic E-state index is -0.497. The molecule has 0 aliphatic rings. The van der Waals surface area contributed by atoms with E-state index in [1.165, 1.54) is 4.88 Å². The summed E-state index contributed by atoms with van der Waals surface area (Å²) >= 11 is 5.18. The Labute approximate surface area is 155 Å². The fraction of sp³-hybridized carbons (Fsp3) is 0.389. The lowest BCUT2D eigenvalue weighted by Crippen LogP contribution is -2.38. The third kappa shape index (κ3) is 6.63. The molecule has 1 unspecified atom stereocenters. The van der Waals surface area contributed by atoms with Gasteiger partial charge in [-0.3, -0.25) is 0 Å². The Balaban J connectivity index is 1.97. The van der Waals surface area contributed by atoms with Crippen molar-refractivity contribution in [1.29, 1.82) is 0 Å². The molecule has 0 aliphatic carbocycles. The van der Waals surface area contributed by atoms with Crippen molar-refractivity contribution in [2.45, 2.75) is 39.0 Å². The molecule has 2 aromatic rings. The van der Waals surface area contributed by atoms with E-state index in [1.807, 2.05) is 45.0 Å². The van der Waals surface area contributed by atoms with Crippen LogP contribution in [0, 0.1) is 0 Å². The summed E-state index contributed by atoms with van der Waals surface area (Å²) in [7, 11) is 0. The van der Waals surface area contributed by atoms with Crippen LogP contribution < -0.4 is 10.6 Å². The van der Waals surface area contributed by atoms with Gasteiger partial charge in [0.1, 0.15) is 5.60 Å². The highest BCUT2D eigenvalue weighted by atomic mass is 79.9. The highest BCUT2D eigenvalue weighted by Crippen LogP contribution is 2.23. The molecule has 0 aliphatic heterocycles. The molecular formula is C18H23BrN2O2S. The number of halogens is 1. The molecule has 0 saturated heterocycles. The number of hydrogen-bond acceptors (Lipinski definition) is 4. The molecule has 6 heteroatoms. The molecule has 2 rings (SSSR count). The fourth-order valence-corrected chi connectivity index (χ4v) is 3.60. The number of ether oxygens (including phenoxy) is 1. The van der Waals surface area contributed by atoms with E-state index in [0.29, 0.717) is 6.54 Å². The van der Waals surface area contributed by atoms with E-state index in [-0.39, 0.29) is 6.04 Å². The van der Waals surface area contributed by atoms with Gasteiger partial charge in [-0.2, -0.15) is 0 Å². The predicted molar refractivity (Wildman–Crippen MR) is 102 cm³/mol. The lowest BCUT2D eigenvalue weighted by atomic mass is 10.1. The Morgan fingerprint density at radius 2 is 1.92 bits per heavy atom. The van der Waals surface area contributed by atoms with Crippen LogP contribution in [-0.4, -0.2) is 18.2 Å². The number of carbonyl (C=O) groups excluding carboxylic acids is 1. The van der Waals surface area contributed by atoms with Gasteiger partial charge in [0.05, 0.1) is 9.83 Å². The first-order chi connectivity index (χ1) is 11.3. The van der Waals surface area contributed by atoms with Gasteiger partial charge in [0.25, 0.3) is 0 Å². The van der Waals surface area contributed by atoms with Crippen molar-refractivity contribution in [2.75, 3.05) is 6.54 Å². The molecule has 4 nitrogen and oxygen atoms in total. The molecule has 130 valence electrons. The summed E-state index contributed by atoms with van der Waals surface area (Å²) < 4.78 is 6.42. The number of amides is 1. The Morgan fingerprint density at radius 1 is 1.21 bits per heavy atom. The minimum absolute atomic E-state index is 0.0135. The molecule has 1 atom stereocenters. The summed E-state index contributed by atoms with van der Waals surface area (Å²) in [4.78, 5) is 13.1. The van der Waals surface area contributed by atoms with Crippen molar-refractivity contribution in [3.8, 4) is 0 Å². The van der Waals surface area contributed by atoms with E-state index in [0.717, 1.165) is 15.9 Å². The molecule has 0 bridgehead atoms. The number of carbonyl (C=O) groups is 1. The quantitative estimate of drug-likeness (QED) is 0.714. The van der Waals surface area contributed by atoms with E-state index in [4.69, 9.17) is 4.74 Å². The first-order valence-electron chi connectivity index (χ1n) is 7.83. The van der Waals surface area contributed by atoms with E-state index in [9.17, 15) is 4.79 Å². The molecule has 24 heavy (non-hydrogen) atoms. The van der Waals surface area contributed by atoms with Crippen molar-refractivity contribution in [3.05, 3.63) is 56.7 Å². The van der Waals surface area contributed by atoms with Gasteiger partial charge in [-0.25, -0.2) is 4.79 Å². The Kier molecular flexibility index (Phi) is 6.83. The lowest BCUT2D eigenvalue weighted by molar-refractivity contribution is 0.0522. The van der Waals surface area contributed by atoms with Gasteiger partial charge >= 0.3 is 6.09 Å². The smallest absolute Gasteiger partial charge is 0.407 e. The zero-order chi connectivity index (χ0) is 17.6. The second-order valence-electron chi connectivity index (χ2n) is 6.43. The SMILES string of the molecule is CC(C)(C)OC(=O)NCC(NCc1ccc(Br)s1)c1ccccc1. The average molecular weight is 411 g/mol. The van der Waals surface area contributed by atoms with Gasteiger partial charge in [-0.05, 0) is 54.4 Å². The van der Waals surface area contributed by atoms with Gasteiger partial charge in [-0.1, -0.05) is 30.3 Å². The summed E-state index contributed by atoms with van der Waals surface area (Å²) in [5, 5.41) is 6.35. The zero-order valence-electron chi connectivity index (χ0n) is 14.1. The van der Waals surface area contributed by atoms with Crippen molar-refractivity contribution in [2.24, 2.45) is 0 Å². The van der Waals surface area contributed by atoms with Gasteiger partial charge < -0.3 is 15.4 Å². The maximum atomic E-state index is 11.9. The first-order valence-corrected chi connectivity index (χ1v) is 9.44. The average Bonchev–Trinajstić information content (AvgIpc) is 2.92. The molecule has 1 amide bonds. The second kappa shape index (κ2) is 8.65. The molecular weight excluding hydrogens is 388 g/mol. The summed E-state index contributed by atoms with van der Waals surface area (Å²) in [6, 6.07) is 14.2. The van der Waals surface area contributed by atoms with Crippen molar-refractivity contribution in [1.82, 2.24) is 10.6 Å². The number of hydrogen-bond donors (Lipinski definition) is 2. The van der Waals surface area contributed by atoms with Gasteiger partial charge in [0.15, 0.2) is 0 Å². The minimum Gasteiger partial charge on any atom is -0.444 e. The molecule has 0 fully saturated rings. The maximum absolute atomic E-state index is 11.9. The number of alkyl carbamates (subject to hydrolysis) is 1. The van der Waals surface area contributed by atoms with Crippen LogP contribution >= 0.6 is 27.3 Å². The summed E-state index contributed by atoms with van der Waals surface area (Å²) in [5.41, 5.74) is 0.632. The molecule has 0 saturated carbocycles. The molecule has 1 aromatic carbocycles. The van der Waals surface area contributed by atoms with E-state index < -0.39 is 11.7 Å². The molecule has 1 heterocycles. The molecule has 1 aromatic heterocycles. The Bertz CT molecular complexity index is 653. The lowest BCUT2D eigenvalue weighted by Gasteiger charge is -2.23. The summed E-state index contributed by atoms with van der Waals surface area (Å²) in [5.74, 6) is 0. The van der Waals surface area contributed by atoms with Crippen LogP contribution in [0.4, 0.5) is 4.79 Å². The van der Waals surface area contributed by atoms with Crippen molar-refractivity contribution in [3.63, 3.8) is 0 Å². The van der Waals surface area contributed by atoms with E-state index in [1.54, 1.807) is 11.3 Å². The maximum Gasteiger partial charge on any atom is 0.407 e. The monoisotopic (exact) mass is 410 g/mol. The number of rotatable bonds is 6.